The summed E-state index contributed by atoms with van der Waals surface area (Å²) in [6, 6.07) is 3.09. The summed E-state index contributed by atoms with van der Waals surface area (Å²) in [5.74, 6) is 0.115. The average molecular weight is 320 g/mol. The van der Waals surface area contributed by atoms with Crippen LogP contribution in [0.25, 0.3) is 0 Å². The Morgan fingerprint density at radius 1 is 1.48 bits per heavy atom. The van der Waals surface area contributed by atoms with Gasteiger partial charge in [-0.05, 0) is 25.5 Å². The maximum Gasteiger partial charge on any atom is 0.268 e. The molecule has 0 saturated carbocycles. The van der Waals surface area contributed by atoms with E-state index >= 15 is 0 Å². The third-order valence-electron chi connectivity index (χ3n) is 3.44. The fourth-order valence-electron chi connectivity index (χ4n) is 2.27. The van der Waals surface area contributed by atoms with Crippen molar-refractivity contribution in [3.05, 3.63) is 17.7 Å². The fraction of sp³-hybridized carbons (Fsp3) is 0.438. The third kappa shape index (κ3) is 3.44. The highest BCUT2D eigenvalue weighted by molar-refractivity contribution is 6.04. The van der Waals surface area contributed by atoms with E-state index in [0.29, 0.717) is 35.6 Å². The van der Waals surface area contributed by atoms with E-state index in [1.54, 1.807) is 13.0 Å². The number of nitrogens with one attached hydrogen (secondary N) is 1. The number of benzene rings is 1. The number of nitrogens with zero attached hydrogens (tertiary/aromatic N) is 1. The van der Waals surface area contributed by atoms with Crippen LogP contribution in [0, 0.1) is 0 Å². The molecule has 1 aromatic rings. The molecule has 7 nitrogen and oxygen atoms in total. The maximum atomic E-state index is 12.4. The van der Waals surface area contributed by atoms with Gasteiger partial charge < -0.3 is 14.8 Å². The van der Waals surface area contributed by atoms with Gasteiger partial charge in [-0.15, -0.1) is 0 Å². The molecule has 0 fully saturated rings. The molecule has 2 amide bonds. The molecular weight excluding hydrogens is 300 g/mol. The third-order valence-corrected chi connectivity index (χ3v) is 3.44. The lowest BCUT2D eigenvalue weighted by Gasteiger charge is -2.33. The van der Waals surface area contributed by atoms with E-state index in [-0.39, 0.29) is 18.4 Å². The Morgan fingerprint density at radius 2 is 2.22 bits per heavy atom. The number of anilines is 1. The zero-order valence-electron chi connectivity index (χ0n) is 13.4. The van der Waals surface area contributed by atoms with Crippen molar-refractivity contribution in [3.8, 4) is 11.5 Å². The second-order valence-electron chi connectivity index (χ2n) is 5.19. The number of fused-ring (bicyclic) bond motifs is 1. The van der Waals surface area contributed by atoms with Gasteiger partial charge in [-0.3, -0.25) is 19.3 Å². The molecule has 0 spiro atoms. The van der Waals surface area contributed by atoms with Crippen LogP contribution in [-0.2, 0) is 9.59 Å². The van der Waals surface area contributed by atoms with Gasteiger partial charge in [0.1, 0.15) is 12.8 Å². The smallest absolute Gasteiger partial charge is 0.268 e. The lowest BCUT2D eigenvalue weighted by molar-refractivity contribution is -0.128. The van der Waals surface area contributed by atoms with Gasteiger partial charge in [-0.2, -0.15) is 0 Å². The predicted molar refractivity (Wildman–Crippen MR) is 84.1 cm³/mol. The molecule has 1 unspecified atom stereocenters. The number of hydrogen-bond acceptors (Lipinski definition) is 5. The Kier molecular flexibility index (Phi) is 5.20. The van der Waals surface area contributed by atoms with Crippen molar-refractivity contribution >= 4 is 23.8 Å². The van der Waals surface area contributed by atoms with Crippen LogP contribution in [0.2, 0.25) is 0 Å². The minimum absolute atomic E-state index is 0.147. The molecule has 1 aliphatic heterocycles. The van der Waals surface area contributed by atoms with Gasteiger partial charge in [0, 0.05) is 12.6 Å². The van der Waals surface area contributed by atoms with Crippen LogP contribution in [0.1, 0.15) is 30.6 Å². The summed E-state index contributed by atoms with van der Waals surface area (Å²) in [6.45, 7) is 3.88. The molecule has 0 radical (unpaired) electrons. The molecule has 0 bridgehead atoms. The molecular formula is C16H20N2O5. The Hall–Kier alpha value is -2.57. The minimum atomic E-state index is -0.738. The standard InChI is InChI=1S/C16H20N2O5/c1-4-5-22-13-7-11(9-19)6-12-15(13)23-10(2)16(21)18(12)8-14(20)17-3/h6-7,9-10H,4-5,8H2,1-3H3,(H,17,20). The van der Waals surface area contributed by atoms with Crippen molar-refractivity contribution in [3.63, 3.8) is 0 Å². The molecule has 0 saturated heterocycles. The van der Waals surface area contributed by atoms with Crippen molar-refractivity contribution in [1.29, 1.82) is 0 Å². The maximum absolute atomic E-state index is 12.4. The molecule has 1 aliphatic rings. The first kappa shape index (κ1) is 16.8. The zero-order valence-corrected chi connectivity index (χ0v) is 13.4. The Balaban J connectivity index is 2.51. The fourth-order valence-corrected chi connectivity index (χ4v) is 2.27. The zero-order chi connectivity index (χ0) is 17.0. The Labute approximate surface area is 134 Å². The monoisotopic (exact) mass is 320 g/mol. The predicted octanol–water partition coefficient (Wildman–Crippen LogP) is 1.15. The van der Waals surface area contributed by atoms with Gasteiger partial charge in [-0.25, -0.2) is 0 Å². The van der Waals surface area contributed by atoms with Crippen LogP contribution < -0.4 is 19.7 Å². The summed E-state index contributed by atoms with van der Waals surface area (Å²) in [7, 11) is 1.50. The first-order valence-electron chi connectivity index (χ1n) is 7.46. The molecule has 7 heteroatoms. The van der Waals surface area contributed by atoms with Gasteiger partial charge in [-0.1, -0.05) is 6.92 Å². The second-order valence-corrected chi connectivity index (χ2v) is 5.19. The highest BCUT2D eigenvalue weighted by Gasteiger charge is 2.35. The minimum Gasteiger partial charge on any atom is -0.490 e. The molecule has 1 heterocycles. The van der Waals surface area contributed by atoms with Crippen LogP contribution in [0.3, 0.4) is 0 Å². The topological polar surface area (TPSA) is 84.9 Å². The summed E-state index contributed by atoms with van der Waals surface area (Å²) in [4.78, 5) is 36.5. The molecule has 0 aromatic heterocycles. The van der Waals surface area contributed by atoms with Crippen LogP contribution >= 0.6 is 0 Å². The van der Waals surface area contributed by atoms with E-state index in [0.717, 1.165) is 6.42 Å². The van der Waals surface area contributed by atoms with Crippen molar-refractivity contribution in [1.82, 2.24) is 5.32 Å². The lowest BCUT2D eigenvalue weighted by Crippen LogP contribution is -2.48. The first-order valence-corrected chi connectivity index (χ1v) is 7.46. The molecule has 1 N–H and O–H groups in total. The Morgan fingerprint density at radius 3 is 2.83 bits per heavy atom. The molecule has 2 rings (SSSR count). The number of amides is 2. The Bertz CT molecular complexity index is 629. The highest BCUT2D eigenvalue weighted by Crippen LogP contribution is 2.42. The van der Waals surface area contributed by atoms with Crippen molar-refractivity contribution in [2.45, 2.75) is 26.4 Å². The summed E-state index contributed by atoms with van der Waals surface area (Å²) in [5.41, 5.74) is 0.718. The summed E-state index contributed by atoms with van der Waals surface area (Å²) in [5, 5.41) is 2.48. The van der Waals surface area contributed by atoms with Gasteiger partial charge in [0.15, 0.2) is 17.6 Å². The number of carbonyl (C=O) groups is 3. The van der Waals surface area contributed by atoms with E-state index in [1.807, 2.05) is 6.92 Å². The summed E-state index contributed by atoms with van der Waals surface area (Å²) >= 11 is 0. The molecule has 1 aromatic carbocycles. The van der Waals surface area contributed by atoms with Crippen molar-refractivity contribution in [2.24, 2.45) is 0 Å². The van der Waals surface area contributed by atoms with Crippen LogP contribution in [0.4, 0.5) is 5.69 Å². The summed E-state index contributed by atoms with van der Waals surface area (Å²) < 4.78 is 11.3. The van der Waals surface area contributed by atoms with Crippen LogP contribution in [0.15, 0.2) is 12.1 Å². The van der Waals surface area contributed by atoms with E-state index in [4.69, 9.17) is 9.47 Å². The van der Waals surface area contributed by atoms with E-state index in [9.17, 15) is 14.4 Å². The van der Waals surface area contributed by atoms with Gasteiger partial charge in [0.25, 0.3) is 5.91 Å². The van der Waals surface area contributed by atoms with Crippen molar-refractivity contribution < 1.29 is 23.9 Å². The largest absolute Gasteiger partial charge is 0.490 e. The highest BCUT2D eigenvalue weighted by atomic mass is 16.5. The molecule has 23 heavy (non-hydrogen) atoms. The SMILES string of the molecule is CCCOc1cc(C=O)cc2c1OC(C)C(=O)N2CC(=O)NC. The van der Waals surface area contributed by atoms with E-state index < -0.39 is 6.10 Å². The quantitative estimate of drug-likeness (QED) is 0.795. The number of likely N-dealkylation sites (N-methyl/N-ethyl adjacent to an activating group) is 1. The van der Waals surface area contributed by atoms with Crippen LogP contribution in [0.5, 0.6) is 11.5 Å². The lowest BCUT2D eigenvalue weighted by atomic mass is 10.1. The van der Waals surface area contributed by atoms with Gasteiger partial charge in [0.2, 0.25) is 5.91 Å². The number of ether oxygens (including phenoxy) is 2. The van der Waals surface area contributed by atoms with Crippen molar-refractivity contribution in [2.75, 3.05) is 25.1 Å². The number of aldehydes is 1. The molecule has 0 aliphatic carbocycles. The number of hydrogen-bond donors (Lipinski definition) is 1. The van der Waals surface area contributed by atoms with E-state index in [2.05, 4.69) is 5.32 Å². The number of rotatable bonds is 6. The van der Waals surface area contributed by atoms with Crippen LogP contribution in [-0.4, -0.2) is 44.4 Å². The van der Waals surface area contributed by atoms with Gasteiger partial charge >= 0.3 is 0 Å². The first-order chi connectivity index (χ1) is 11.0. The average Bonchev–Trinajstić information content (AvgIpc) is 2.56. The molecule has 1 atom stereocenters. The second kappa shape index (κ2) is 7.13. The normalized spacial score (nSPS) is 16.4. The molecule has 124 valence electrons. The van der Waals surface area contributed by atoms with E-state index in [1.165, 1.54) is 18.0 Å². The van der Waals surface area contributed by atoms with Gasteiger partial charge in [0.05, 0.1) is 12.3 Å². The summed E-state index contributed by atoms with van der Waals surface area (Å²) in [6.07, 6.45) is 0.717. The number of carbonyl (C=O) groups excluding carboxylic acids is 3.